The second-order valence-electron chi connectivity index (χ2n) is 4.69. The second-order valence-corrected chi connectivity index (χ2v) is 8.63. The first kappa shape index (κ1) is 25.8. The molecule has 1 rings (SSSR count). The van der Waals surface area contributed by atoms with E-state index in [9.17, 15) is 17.4 Å². The van der Waals surface area contributed by atoms with Crippen molar-refractivity contribution in [2.45, 2.75) is 30.9 Å². The van der Waals surface area contributed by atoms with Gasteiger partial charge in [-0.3, -0.25) is 18.5 Å². The van der Waals surface area contributed by atoms with E-state index in [-0.39, 0.29) is 70.1 Å². The molecule has 1 saturated heterocycles. The molecule has 0 aromatic carbocycles. The molecule has 0 unspecified atom stereocenters. The van der Waals surface area contributed by atoms with Gasteiger partial charge >= 0.3 is 32.7 Å². The van der Waals surface area contributed by atoms with E-state index in [1.807, 2.05) is 6.92 Å². The number of rotatable bonds is 5. The molecule has 1 aliphatic rings. The summed E-state index contributed by atoms with van der Waals surface area (Å²) in [6.07, 6.45) is 0.815. The minimum absolute atomic E-state index is 0. The van der Waals surface area contributed by atoms with Crippen LogP contribution < -0.4 is 5.48 Å². The van der Waals surface area contributed by atoms with Crippen molar-refractivity contribution in [3.8, 4) is 0 Å². The van der Waals surface area contributed by atoms with E-state index < -0.39 is 31.5 Å². The smallest absolute Gasteiger partial charge is 0.344 e. The Labute approximate surface area is 167 Å². The van der Waals surface area contributed by atoms with Crippen LogP contribution >= 0.6 is 0 Å². The molecular weight excluding hydrogens is 417 g/mol. The number of nitrogens with one attached hydrogen (secondary N) is 1. The maximum atomic E-state index is 12.6. The van der Waals surface area contributed by atoms with Crippen LogP contribution in [-0.4, -0.2) is 57.4 Å². The van der Waals surface area contributed by atoms with Gasteiger partial charge in [0.2, 0.25) is 10.0 Å². The van der Waals surface area contributed by atoms with Gasteiger partial charge in [0, 0.05) is 22.3 Å². The summed E-state index contributed by atoms with van der Waals surface area (Å²) in [5.41, 5.74) is 1.41. The largest absolute Gasteiger partial charge is 3.00 e. The van der Waals surface area contributed by atoms with E-state index in [0.29, 0.717) is 0 Å². The van der Waals surface area contributed by atoms with Crippen molar-refractivity contribution in [1.82, 2.24) is 9.79 Å². The average Bonchev–Trinajstić information content (AvgIpc) is 2.49. The third-order valence-corrected chi connectivity index (χ3v) is 7.26. The molecule has 1 aliphatic heterocycles. The van der Waals surface area contributed by atoms with E-state index in [1.165, 1.54) is 5.48 Å². The van der Waals surface area contributed by atoms with Gasteiger partial charge in [-0.1, -0.05) is 6.92 Å². The zero-order valence-corrected chi connectivity index (χ0v) is 18.0. The quantitative estimate of drug-likeness (QED) is 0.362. The average molecular weight is 442 g/mol. The van der Waals surface area contributed by atoms with Crippen molar-refractivity contribution < 1.29 is 55.3 Å². The molecule has 0 aliphatic carbocycles. The molecule has 10 heteroatoms. The second kappa shape index (κ2) is 12.0. The summed E-state index contributed by atoms with van der Waals surface area (Å²) < 4.78 is 35.7. The summed E-state index contributed by atoms with van der Waals surface area (Å²) in [6, 6.07) is 0. The van der Waals surface area contributed by atoms with Gasteiger partial charge in [0.15, 0.2) is 4.75 Å². The molecule has 7 nitrogen and oxygen atoms in total. The number of amides is 1. The van der Waals surface area contributed by atoms with Gasteiger partial charge in [-0.25, -0.2) is 13.9 Å². The van der Waals surface area contributed by atoms with Gasteiger partial charge in [0.05, 0.1) is 0 Å². The molecule has 1 amide bonds. The molecule has 23 heavy (non-hydrogen) atoms. The van der Waals surface area contributed by atoms with E-state index in [4.69, 9.17) is 5.21 Å². The number of carbonyl (C=O) groups is 1. The zero-order chi connectivity index (χ0) is 17.4. The molecule has 132 valence electrons. The van der Waals surface area contributed by atoms with E-state index in [0.717, 1.165) is 10.7 Å². The van der Waals surface area contributed by atoms with Crippen molar-refractivity contribution in [2.75, 3.05) is 24.6 Å². The predicted octanol–water partition coefficient (Wildman–Crippen LogP) is 0.301. The molecule has 1 heterocycles. The number of sulfonamides is 1. The molecule has 1 fully saturated rings. The van der Waals surface area contributed by atoms with Gasteiger partial charge in [-0.15, -0.1) is 13.1 Å². The Balaban J connectivity index is 0. The van der Waals surface area contributed by atoms with E-state index in [1.54, 1.807) is 0 Å². The summed E-state index contributed by atoms with van der Waals surface area (Å²) in [5, 5.41) is 8.82. The third kappa shape index (κ3) is 6.11. The van der Waals surface area contributed by atoms with E-state index in [2.05, 4.69) is 20.8 Å². The van der Waals surface area contributed by atoms with Gasteiger partial charge in [-0.05, 0) is 12.8 Å². The fourth-order valence-corrected chi connectivity index (χ4v) is 5.68. The summed E-state index contributed by atoms with van der Waals surface area (Å²) in [7, 11) is -5.15. The van der Waals surface area contributed by atoms with Crippen LogP contribution in [0.15, 0.2) is 0 Å². The Morgan fingerprint density at radius 1 is 1.26 bits per heavy atom. The first-order chi connectivity index (χ1) is 10.3. The minimum atomic E-state index is -4.02. The molecular formula is C13H25N2O5S2Y. The fraction of sp³-hybridized carbons (Fsp3) is 0.692. The Morgan fingerprint density at radius 3 is 1.96 bits per heavy atom. The third-order valence-electron chi connectivity index (χ3n) is 3.31. The number of hydrogen-bond donors (Lipinski definition) is 2. The summed E-state index contributed by atoms with van der Waals surface area (Å²) in [4.78, 5) is 11.9. The normalized spacial score (nSPS) is 24.2. The van der Waals surface area contributed by atoms with Crippen LogP contribution in [0.3, 0.4) is 0 Å². The predicted molar refractivity (Wildman–Crippen MR) is 86.6 cm³/mol. The number of hydroxylamine groups is 1. The van der Waals surface area contributed by atoms with Crippen molar-refractivity contribution in [3.63, 3.8) is 0 Å². The topological polar surface area (TPSA) is 104 Å². The molecule has 2 N–H and O–H groups in total. The van der Waals surface area contributed by atoms with Crippen LogP contribution in [0.4, 0.5) is 0 Å². The van der Waals surface area contributed by atoms with E-state index >= 15 is 0 Å². The molecule has 0 saturated carbocycles. The molecule has 0 aromatic rings. The Morgan fingerprint density at radius 2 is 1.65 bits per heavy atom. The zero-order valence-electron chi connectivity index (χ0n) is 13.5. The van der Waals surface area contributed by atoms with Gasteiger partial charge in [0.25, 0.3) is 5.91 Å². The molecule has 0 radical (unpaired) electrons. The summed E-state index contributed by atoms with van der Waals surface area (Å²) in [6.45, 7) is 12.4. The van der Waals surface area contributed by atoms with Crippen LogP contribution in [0.25, 0.3) is 0 Å². The van der Waals surface area contributed by atoms with Crippen LogP contribution in [0.5, 0.6) is 0 Å². The standard InChI is InChI=1S/C10H18N2O5S2.C3H7.Y/c1-3-12(4-2)19(16,17)10(9(13)11-14)5-7-18(15)8-6-10;1-3-2;/h14H,1-8H2,(H,11,13);1,3H2,2H3;/q-2;-1;+3. The number of hydrogen-bond acceptors (Lipinski definition) is 5. The number of carbonyl (C=O) groups excluding carboxylic acids is 1. The van der Waals surface area contributed by atoms with Crippen LogP contribution in [0.2, 0.25) is 0 Å². The number of nitrogens with zero attached hydrogens (tertiary/aromatic N) is 1. The Bertz CT molecular complexity index is 471. The van der Waals surface area contributed by atoms with Gasteiger partial charge < -0.3 is 20.8 Å². The summed E-state index contributed by atoms with van der Waals surface area (Å²) in [5.74, 6) is -0.778. The van der Waals surface area contributed by atoms with Crippen molar-refractivity contribution >= 4 is 26.7 Å². The molecule has 0 spiro atoms. The minimum Gasteiger partial charge on any atom is -0.344 e. The van der Waals surface area contributed by atoms with Gasteiger partial charge in [0.1, 0.15) is 0 Å². The van der Waals surface area contributed by atoms with Crippen LogP contribution in [-0.2, 0) is 58.3 Å². The van der Waals surface area contributed by atoms with Crippen molar-refractivity contribution in [1.29, 1.82) is 0 Å². The SMILES string of the molecule is [CH2-]CC.[CH2-]CN(C[CH2-])S(=O)(=O)C1(C(=O)NO)CCS(=O)CC1.[Y+3]. The fourth-order valence-electron chi connectivity index (χ4n) is 2.09. The summed E-state index contributed by atoms with van der Waals surface area (Å²) >= 11 is 0. The molecule has 0 aromatic heterocycles. The first-order valence-electron chi connectivity index (χ1n) is 6.94. The van der Waals surface area contributed by atoms with Crippen LogP contribution in [0.1, 0.15) is 26.2 Å². The maximum Gasteiger partial charge on any atom is 3.00 e. The Kier molecular flexibility index (Phi) is 13.5. The maximum absolute atomic E-state index is 12.6. The first-order valence-corrected chi connectivity index (χ1v) is 9.87. The van der Waals surface area contributed by atoms with Crippen LogP contribution in [0, 0.1) is 20.8 Å². The Hall–Kier alpha value is 0.594. The van der Waals surface area contributed by atoms with Crippen molar-refractivity contribution in [2.24, 2.45) is 0 Å². The molecule has 0 bridgehead atoms. The monoisotopic (exact) mass is 442 g/mol. The molecule has 0 atom stereocenters. The van der Waals surface area contributed by atoms with Crippen molar-refractivity contribution in [3.05, 3.63) is 20.8 Å². The van der Waals surface area contributed by atoms with Gasteiger partial charge in [-0.2, -0.15) is 6.42 Å².